The fourth-order valence-corrected chi connectivity index (χ4v) is 5.41. The van der Waals surface area contributed by atoms with E-state index in [1.807, 2.05) is 43.3 Å². The number of nitrogens with one attached hydrogen (secondary N) is 1. The molecule has 1 saturated heterocycles. The zero-order chi connectivity index (χ0) is 24.5. The van der Waals surface area contributed by atoms with Gasteiger partial charge in [-0.05, 0) is 55.9 Å². The van der Waals surface area contributed by atoms with Gasteiger partial charge < -0.3 is 14.6 Å². The molecular formula is C27H25BrClN5O. The number of hydrogen-bond donors (Lipinski definition) is 1. The molecule has 8 heteroatoms. The summed E-state index contributed by atoms with van der Waals surface area (Å²) in [5.74, 6) is 1.77. The van der Waals surface area contributed by atoms with Crippen molar-refractivity contribution in [3.63, 3.8) is 0 Å². The van der Waals surface area contributed by atoms with Crippen LogP contribution >= 0.6 is 27.5 Å². The van der Waals surface area contributed by atoms with E-state index in [1.54, 1.807) is 6.20 Å². The van der Waals surface area contributed by atoms with E-state index in [0.29, 0.717) is 16.3 Å². The summed E-state index contributed by atoms with van der Waals surface area (Å²) in [4.78, 5) is 9.31. The molecular weight excluding hydrogens is 526 g/mol. The lowest BCUT2D eigenvalue weighted by molar-refractivity contribution is 0.140. The highest BCUT2D eigenvalue weighted by molar-refractivity contribution is 9.10. The Hall–Kier alpha value is -2.89. The maximum Gasteiger partial charge on any atom is 0.134 e. The summed E-state index contributed by atoms with van der Waals surface area (Å²) < 4.78 is 7.09. The van der Waals surface area contributed by atoms with Crippen molar-refractivity contribution in [1.29, 1.82) is 5.26 Å². The van der Waals surface area contributed by atoms with E-state index < -0.39 is 0 Å². The molecule has 0 saturated carbocycles. The van der Waals surface area contributed by atoms with Crippen molar-refractivity contribution in [3.05, 3.63) is 75.0 Å². The van der Waals surface area contributed by atoms with E-state index in [-0.39, 0.29) is 0 Å². The first-order valence-electron chi connectivity index (χ1n) is 11.5. The maximum atomic E-state index is 9.73. The number of benzene rings is 2. The SMILES string of the molecule is Cc1cc(Br)cc(Cl)c1Nc1c(C#N)cnc2cc(-c3ccc(CN4CCN(C)CC4)o3)ccc12. The number of furan rings is 1. The second-order valence-corrected chi connectivity index (χ2v) is 10.3. The number of aryl methyl sites for hydroxylation is 1. The highest BCUT2D eigenvalue weighted by atomic mass is 79.9. The van der Waals surface area contributed by atoms with Gasteiger partial charge in [-0.1, -0.05) is 33.6 Å². The van der Waals surface area contributed by atoms with Gasteiger partial charge in [0.1, 0.15) is 17.6 Å². The first-order chi connectivity index (χ1) is 16.9. The lowest BCUT2D eigenvalue weighted by atomic mass is 10.1. The lowest BCUT2D eigenvalue weighted by Gasteiger charge is -2.31. The van der Waals surface area contributed by atoms with Crippen molar-refractivity contribution in [2.75, 3.05) is 38.5 Å². The van der Waals surface area contributed by atoms with Crippen LogP contribution in [-0.2, 0) is 6.54 Å². The third-order valence-electron chi connectivity index (χ3n) is 6.41. The molecule has 5 rings (SSSR count). The number of anilines is 2. The average molecular weight is 551 g/mol. The van der Waals surface area contributed by atoms with E-state index in [1.165, 1.54) is 0 Å². The highest BCUT2D eigenvalue weighted by Gasteiger charge is 2.17. The molecule has 1 aliphatic heterocycles. The quantitative estimate of drug-likeness (QED) is 0.303. The van der Waals surface area contributed by atoms with Crippen LogP contribution in [0.5, 0.6) is 0 Å². The van der Waals surface area contributed by atoms with Crippen molar-refractivity contribution in [2.24, 2.45) is 0 Å². The molecule has 0 unspecified atom stereocenters. The van der Waals surface area contributed by atoms with Crippen molar-refractivity contribution < 1.29 is 4.42 Å². The number of rotatable bonds is 5. The molecule has 4 aromatic rings. The molecule has 1 fully saturated rings. The van der Waals surface area contributed by atoms with Crippen LogP contribution in [-0.4, -0.2) is 48.0 Å². The average Bonchev–Trinajstić information content (AvgIpc) is 3.31. The first-order valence-corrected chi connectivity index (χ1v) is 12.6. The van der Waals surface area contributed by atoms with Gasteiger partial charge in [0.05, 0.1) is 34.0 Å². The first kappa shape index (κ1) is 23.8. The molecule has 2 aromatic carbocycles. The number of likely N-dealkylation sites (N-methyl/N-ethyl adjacent to an activating group) is 1. The fraction of sp³-hybridized carbons (Fsp3) is 0.259. The minimum Gasteiger partial charge on any atom is -0.460 e. The molecule has 0 radical (unpaired) electrons. The summed E-state index contributed by atoms with van der Waals surface area (Å²) in [6.07, 6.45) is 1.59. The van der Waals surface area contributed by atoms with E-state index in [4.69, 9.17) is 16.0 Å². The van der Waals surface area contributed by atoms with Gasteiger partial charge in [-0.25, -0.2) is 0 Å². The van der Waals surface area contributed by atoms with Crippen molar-refractivity contribution in [1.82, 2.24) is 14.8 Å². The minimum atomic E-state index is 0.455. The van der Waals surface area contributed by atoms with Crippen LogP contribution in [0.2, 0.25) is 5.02 Å². The fourth-order valence-electron chi connectivity index (χ4n) is 4.40. The number of halogens is 2. The topological polar surface area (TPSA) is 68.3 Å². The van der Waals surface area contributed by atoms with Gasteiger partial charge in [-0.3, -0.25) is 9.88 Å². The summed E-state index contributed by atoms with van der Waals surface area (Å²) in [6.45, 7) is 7.04. The van der Waals surface area contributed by atoms with Crippen LogP contribution in [0.4, 0.5) is 11.4 Å². The molecule has 0 aliphatic carbocycles. The van der Waals surface area contributed by atoms with Crippen LogP contribution in [0.15, 0.2) is 57.6 Å². The molecule has 1 aliphatic rings. The zero-order valence-corrected chi connectivity index (χ0v) is 21.9. The molecule has 0 atom stereocenters. The summed E-state index contributed by atoms with van der Waals surface area (Å²) in [5.41, 5.74) is 4.60. The number of piperazine rings is 1. The van der Waals surface area contributed by atoms with Gasteiger partial charge in [0.2, 0.25) is 0 Å². The predicted octanol–water partition coefficient (Wildman–Crippen LogP) is 6.58. The molecule has 3 heterocycles. The molecule has 0 amide bonds. The highest BCUT2D eigenvalue weighted by Crippen LogP contribution is 2.37. The molecule has 2 aromatic heterocycles. The van der Waals surface area contributed by atoms with Gasteiger partial charge in [0.15, 0.2) is 0 Å². The number of nitrogens with zero attached hydrogens (tertiary/aromatic N) is 4. The van der Waals surface area contributed by atoms with Crippen molar-refractivity contribution in [2.45, 2.75) is 13.5 Å². The smallest absolute Gasteiger partial charge is 0.134 e. The van der Waals surface area contributed by atoms with E-state index in [0.717, 1.165) is 76.4 Å². The molecule has 0 spiro atoms. The van der Waals surface area contributed by atoms with Gasteiger partial charge in [-0.15, -0.1) is 0 Å². The molecule has 35 heavy (non-hydrogen) atoms. The summed E-state index contributed by atoms with van der Waals surface area (Å²) in [6, 6.07) is 16.1. The summed E-state index contributed by atoms with van der Waals surface area (Å²) in [7, 11) is 2.16. The Morgan fingerprint density at radius 3 is 2.66 bits per heavy atom. The molecule has 0 bridgehead atoms. The van der Waals surface area contributed by atoms with Gasteiger partial charge in [0, 0.05) is 47.8 Å². The summed E-state index contributed by atoms with van der Waals surface area (Å²) in [5, 5.41) is 14.5. The predicted molar refractivity (Wildman–Crippen MR) is 144 cm³/mol. The van der Waals surface area contributed by atoms with E-state index >= 15 is 0 Å². The Bertz CT molecular complexity index is 1410. The van der Waals surface area contributed by atoms with Crippen LogP contribution in [0.3, 0.4) is 0 Å². The number of hydrogen-bond acceptors (Lipinski definition) is 6. The normalized spacial score (nSPS) is 14.8. The number of nitriles is 1. The Labute approximate surface area is 218 Å². The Kier molecular flexibility index (Phi) is 6.81. The lowest BCUT2D eigenvalue weighted by Crippen LogP contribution is -2.43. The van der Waals surface area contributed by atoms with E-state index in [2.05, 4.69) is 55.2 Å². The van der Waals surface area contributed by atoms with Crippen LogP contribution < -0.4 is 5.32 Å². The van der Waals surface area contributed by atoms with Crippen molar-refractivity contribution >= 4 is 49.8 Å². The van der Waals surface area contributed by atoms with Crippen LogP contribution in [0, 0.1) is 18.3 Å². The Morgan fingerprint density at radius 1 is 1.11 bits per heavy atom. The third-order valence-corrected chi connectivity index (χ3v) is 7.17. The number of fused-ring (bicyclic) bond motifs is 1. The number of aromatic nitrogens is 1. The Balaban J connectivity index is 1.45. The van der Waals surface area contributed by atoms with Crippen molar-refractivity contribution in [3.8, 4) is 17.4 Å². The molecule has 6 nitrogen and oxygen atoms in total. The van der Waals surface area contributed by atoms with Gasteiger partial charge >= 0.3 is 0 Å². The summed E-state index contributed by atoms with van der Waals surface area (Å²) >= 11 is 9.98. The number of pyridine rings is 1. The molecule has 1 N–H and O–H groups in total. The molecule has 178 valence electrons. The zero-order valence-electron chi connectivity index (χ0n) is 19.6. The second-order valence-electron chi connectivity index (χ2n) is 8.94. The third kappa shape index (κ3) is 5.07. The Morgan fingerprint density at radius 2 is 1.91 bits per heavy atom. The van der Waals surface area contributed by atoms with Gasteiger partial charge in [0.25, 0.3) is 0 Å². The van der Waals surface area contributed by atoms with Gasteiger partial charge in [-0.2, -0.15) is 5.26 Å². The standard InChI is InChI=1S/C27H25BrClN5O/c1-17-11-20(28)13-23(29)26(17)32-27-19(14-30)15-31-24-12-18(3-5-22(24)27)25-6-4-21(35-25)16-34-9-7-33(2)8-10-34/h3-6,11-13,15H,7-10,16H2,1-2H3,(H,31,32). The maximum absolute atomic E-state index is 9.73. The monoisotopic (exact) mass is 549 g/mol. The largest absolute Gasteiger partial charge is 0.460 e. The van der Waals surface area contributed by atoms with E-state index in [9.17, 15) is 5.26 Å². The second kappa shape index (κ2) is 10.00. The van der Waals surface area contributed by atoms with Crippen LogP contribution in [0.25, 0.3) is 22.2 Å². The minimum absolute atomic E-state index is 0.455. The van der Waals surface area contributed by atoms with Crippen LogP contribution in [0.1, 0.15) is 16.9 Å².